The fourth-order valence-corrected chi connectivity index (χ4v) is 2.21. The van der Waals surface area contributed by atoms with Gasteiger partial charge >= 0.3 is 18.1 Å². The zero-order chi connectivity index (χ0) is 21.8. The summed E-state index contributed by atoms with van der Waals surface area (Å²) in [6.07, 6.45) is 1.26. The van der Waals surface area contributed by atoms with E-state index in [0.29, 0.717) is 24.3 Å². The molecule has 8 heteroatoms. The maximum atomic E-state index is 12.2. The minimum absolute atomic E-state index is 0.120. The van der Waals surface area contributed by atoms with Crippen LogP contribution in [0.15, 0.2) is 61.2 Å². The summed E-state index contributed by atoms with van der Waals surface area (Å²) < 4.78 is 25.1. The smallest absolute Gasteiger partial charge is 0.497 e. The first-order chi connectivity index (χ1) is 14.5. The van der Waals surface area contributed by atoms with Gasteiger partial charge in [-0.15, -0.1) is 0 Å². The van der Waals surface area contributed by atoms with Crippen LogP contribution in [0, 0.1) is 0 Å². The maximum absolute atomic E-state index is 12.2. The van der Waals surface area contributed by atoms with Crippen LogP contribution in [0.1, 0.15) is 23.2 Å². The minimum atomic E-state index is -0.871. The Morgan fingerprint density at radius 3 is 2.20 bits per heavy atom. The monoisotopic (exact) mass is 414 g/mol. The van der Waals surface area contributed by atoms with E-state index in [-0.39, 0.29) is 24.5 Å². The number of carbonyl (C=O) groups is 3. The number of rotatable bonds is 10. The Morgan fingerprint density at radius 2 is 1.53 bits per heavy atom. The summed E-state index contributed by atoms with van der Waals surface area (Å²) in [4.78, 5) is 34.7. The molecule has 8 nitrogen and oxygen atoms in total. The second-order valence-corrected chi connectivity index (χ2v) is 5.87. The number of methoxy groups -OCH3 is 1. The largest absolute Gasteiger partial charge is 0.513 e. The number of carbonyl (C=O) groups excluding carboxylic acids is 3. The first kappa shape index (κ1) is 22.5. The second kappa shape index (κ2) is 11.9. The Balaban J connectivity index is 1.74. The van der Waals surface area contributed by atoms with Crippen LogP contribution in [0.5, 0.6) is 17.2 Å². The van der Waals surface area contributed by atoms with E-state index in [1.807, 2.05) is 0 Å². The Bertz CT molecular complexity index is 873. The summed E-state index contributed by atoms with van der Waals surface area (Å²) in [5.74, 6) is 0.0846. The quantitative estimate of drug-likeness (QED) is 0.190. The van der Waals surface area contributed by atoms with Crippen LogP contribution >= 0.6 is 0 Å². The summed E-state index contributed by atoms with van der Waals surface area (Å²) >= 11 is 0. The molecule has 2 aromatic rings. The van der Waals surface area contributed by atoms with E-state index in [1.54, 1.807) is 24.3 Å². The topological polar surface area (TPSA) is 97.4 Å². The van der Waals surface area contributed by atoms with Crippen molar-refractivity contribution >= 4 is 18.1 Å². The van der Waals surface area contributed by atoms with Crippen molar-refractivity contribution in [3.63, 3.8) is 0 Å². The van der Waals surface area contributed by atoms with Gasteiger partial charge in [0, 0.05) is 12.1 Å². The van der Waals surface area contributed by atoms with E-state index in [1.165, 1.54) is 31.4 Å². The first-order valence-electron chi connectivity index (χ1n) is 9.12. The van der Waals surface area contributed by atoms with Gasteiger partial charge in [0.25, 0.3) is 0 Å². The molecule has 0 unspecified atom stereocenters. The summed E-state index contributed by atoms with van der Waals surface area (Å²) in [6, 6.07) is 12.5. The van der Waals surface area contributed by atoms with Crippen LogP contribution in [-0.4, -0.2) is 38.4 Å². The molecule has 0 bridgehead atoms. The van der Waals surface area contributed by atoms with E-state index in [0.717, 1.165) is 6.08 Å². The summed E-state index contributed by atoms with van der Waals surface area (Å²) in [5, 5.41) is 0. The number of ether oxygens (including phenoxy) is 5. The van der Waals surface area contributed by atoms with Crippen molar-refractivity contribution in [1.82, 2.24) is 0 Å². The highest BCUT2D eigenvalue weighted by Crippen LogP contribution is 2.21. The predicted molar refractivity (Wildman–Crippen MR) is 107 cm³/mol. The molecule has 0 heterocycles. The van der Waals surface area contributed by atoms with Crippen molar-refractivity contribution in [3.05, 3.63) is 66.7 Å². The third-order valence-corrected chi connectivity index (χ3v) is 3.71. The number of esters is 2. The van der Waals surface area contributed by atoms with Crippen molar-refractivity contribution in [3.8, 4) is 17.2 Å². The van der Waals surface area contributed by atoms with E-state index < -0.39 is 18.1 Å². The van der Waals surface area contributed by atoms with Crippen molar-refractivity contribution < 1.29 is 38.1 Å². The average molecular weight is 414 g/mol. The molecule has 0 amide bonds. The minimum Gasteiger partial charge on any atom is -0.497 e. The van der Waals surface area contributed by atoms with Crippen LogP contribution in [0.3, 0.4) is 0 Å². The number of unbranched alkanes of at least 4 members (excludes halogenated alkanes) is 1. The Hall–Kier alpha value is -3.81. The molecule has 0 saturated heterocycles. The normalized spacial score (nSPS) is 9.90. The molecule has 0 fully saturated rings. The van der Waals surface area contributed by atoms with Gasteiger partial charge in [0.15, 0.2) is 0 Å². The molecule has 0 atom stereocenters. The van der Waals surface area contributed by atoms with Gasteiger partial charge in [-0.05, 0) is 49.2 Å². The van der Waals surface area contributed by atoms with Gasteiger partial charge in [-0.3, -0.25) is 0 Å². The standard InChI is InChI=1S/C22H22O8/c1-3-20(23)27-13-4-5-14-28-22(25)30-17-11-9-16(10-12-17)21(24)29-19-8-6-7-18(15-19)26-2/h3,6-12,15H,1,4-5,13-14H2,2H3. The van der Waals surface area contributed by atoms with Crippen molar-refractivity contribution in [2.75, 3.05) is 20.3 Å². The maximum Gasteiger partial charge on any atom is 0.513 e. The predicted octanol–water partition coefficient (Wildman–Crippen LogP) is 3.94. The highest BCUT2D eigenvalue weighted by Gasteiger charge is 2.11. The molecule has 158 valence electrons. The lowest BCUT2D eigenvalue weighted by Crippen LogP contribution is -2.12. The van der Waals surface area contributed by atoms with Crippen LogP contribution in [-0.2, 0) is 14.3 Å². The van der Waals surface area contributed by atoms with Gasteiger partial charge in [-0.1, -0.05) is 12.6 Å². The van der Waals surface area contributed by atoms with Gasteiger partial charge in [-0.25, -0.2) is 14.4 Å². The molecular formula is C22H22O8. The number of benzene rings is 2. The van der Waals surface area contributed by atoms with Gasteiger partial charge in [0.05, 0.1) is 25.9 Å². The van der Waals surface area contributed by atoms with Gasteiger partial charge in [0.1, 0.15) is 17.2 Å². The molecule has 0 aromatic heterocycles. The molecule has 0 spiro atoms. The third-order valence-electron chi connectivity index (χ3n) is 3.71. The molecule has 0 aliphatic carbocycles. The van der Waals surface area contributed by atoms with Crippen LogP contribution in [0.2, 0.25) is 0 Å². The molecule has 0 aliphatic rings. The van der Waals surface area contributed by atoms with E-state index in [9.17, 15) is 14.4 Å². The summed E-state index contributed by atoms with van der Waals surface area (Å²) in [5.41, 5.74) is 0.285. The van der Waals surface area contributed by atoms with E-state index in [4.69, 9.17) is 23.7 Å². The lowest BCUT2D eigenvalue weighted by atomic mass is 10.2. The summed E-state index contributed by atoms with van der Waals surface area (Å²) in [6.45, 7) is 3.63. The van der Waals surface area contributed by atoms with Gasteiger partial charge in [0.2, 0.25) is 0 Å². The average Bonchev–Trinajstić information content (AvgIpc) is 2.76. The fraction of sp³-hybridized carbons (Fsp3) is 0.227. The molecule has 0 radical (unpaired) electrons. The first-order valence-corrected chi connectivity index (χ1v) is 9.12. The van der Waals surface area contributed by atoms with Crippen molar-refractivity contribution in [2.24, 2.45) is 0 Å². The highest BCUT2D eigenvalue weighted by molar-refractivity contribution is 5.91. The SMILES string of the molecule is C=CC(=O)OCCCCOC(=O)Oc1ccc(C(=O)Oc2cccc(OC)c2)cc1. The highest BCUT2D eigenvalue weighted by atomic mass is 16.7. The lowest BCUT2D eigenvalue weighted by molar-refractivity contribution is -0.137. The second-order valence-electron chi connectivity index (χ2n) is 5.87. The molecule has 0 saturated carbocycles. The Kier molecular flexibility index (Phi) is 8.92. The zero-order valence-corrected chi connectivity index (χ0v) is 16.5. The molecule has 2 rings (SSSR count). The fourth-order valence-electron chi connectivity index (χ4n) is 2.21. The van der Waals surface area contributed by atoms with Crippen LogP contribution in [0.4, 0.5) is 4.79 Å². The molecule has 2 aromatic carbocycles. The molecule has 30 heavy (non-hydrogen) atoms. The van der Waals surface area contributed by atoms with Crippen molar-refractivity contribution in [2.45, 2.75) is 12.8 Å². The third kappa shape index (κ3) is 7.67. The molecular weight excluding hydrogens is 392 g/mol. The van der Waals surface area contributed by atoms with Crippen molar-refractivity contribution in [1.29, 1.82) is 0 Å². The number of hydrogen-bond acceptors (Lipinski definition) is 8. The summed E-state index contributed by atoms with van der Waals surface area (Å²) in [7, 11) is 1.52. The van der Waals surface area contributed by atoms with Crippen LogP contribution < -0.4 is 14.2 Å². The molecule has 0 aliphatic heterocycles. The lowest BCUT2D eigenvalue weighted by Gasteiger charge is -2.08. The van der Waals surface area contributed by atoms with E-state index in [2.05, 4.69) is 6.58 Å². The number of hydrogen-bond donors (Lipinski definition) is 0. The molecule has 0 N–H and O–H groups in total. The van der Waals surface area contributed by atoms with E-state index >= 15 is 0 Å². The van der Waals surface area contributed by atoms with Gasteiger partial charge < -0.3 is 23.7 Å². The Labute approximate surface area is 174 Å². The Morgan fingerprint density at radius 1 is 0.867 bits per heavy atom. The van der Waals surface area contributed by atoms with Crippen LogP contribution in [0.25, 0.3) is 0 Å². The zero-order valence-electron chi connectivity index (χ0n) is 16.5. The van der Waals surface area contributed by atoms with Gasteiger partial charge in [-0.2, -0.15) is 0 Å².